The van der Waals surface area contributed by atoms with Gasteiger partial charge in [0, 0.05) is 35.2 Å². The number of nitrogens with one attached hydrogen (secondary N) is 1. The van der Waals surface area contributed by atoms with Crippen LogP contribution in [0.15, 0.2) is 54.7 Å². The molecule has 1 heterocycles. The number of fused-ring (bicyclic) bond motifs is 1. The molecule has 0 spiro atoms. The summed E-state index contributed by atoms with van der Waals surface area (Å²) in [6, 6.07) is 13.3. The van der Waals surface area contributed by atoms with Crippen molar-refractivity contribution in [2.75, 3.05) is 13.2 Å². The molecular weight excluding hydrogens is 388 g/mol. The van der Waals surface area contributed by atoms with Crippen molar-refractivity contribution in [1.29, 1.82) is 0 Å². The van der Waals surface area contributed by atoms with E-state index in [4.69, 9.17) is 9.47 Å². The Morgan fingerprint density at radius 2 is 1.60 bits per heavy atom. The van der Waals surface area contributed by atoms with Crippen LogP contribution < -0.4 is 0 Å². The highest BCUT2D eigenvalue weighted by atomic mass is 16.6. The van der Waals surface area contributed by atoms with E-state index in [1.807, 2.05) is 24.3 Å². The highest BCUT2D eigenvalue weighted by Crippen LogP contribution is 2.38. The number of aromatic nitrogens is 1. The zero-order valence-electron chi connectivity index (χ0n) is 16.7. The molecule has 8 nitrogen and oxygen atoms in total. The third-order valence-electron chi connectivity index (χ3n) is 4.83. The van der Waals surface area contributed by atoms with Gasteiger partial charge in [0.15, 0.2) is 5.92 Å². The maximum atomic E-state index is 12.8. The number of hydrogen-bond donors (Lipinski definition) is 1. The first-order chi connectivity index (χ1) is 14.5. The molecule has 0 unspecified atom stereocenters. The van der Waals surface area contributed by atoms with Gasteiger partial charge in [-0.25, -0.2) is 0 Å². The number of nitro groups is 1. The van der Waals surface area contributed by atoms with Crippen molar-refractivity contribution < 1.29 is 24.0 Å². The first-order valence-electron chi connectivity index (χ1n) is 9.61. The van der Waals surface area contributed by atoms with Gasteiger partial charge in [-0.15, -0.1) is 0 Å². The average Bonchev–Trinajstić information content (AvgIpc) is 3.16. The van der Waals surface area contributed by atoms with E-state index in [0.29, 0.717) is 11.1 Å². The van der Waals surface area contributed by atoms with Crippen molar-refractivity contribution in [3.05, 3.63) is 76.0 Å². The van der Waals surface area contributed by atoms with Crippen LogP contribution in [0.2, 0.25) is 0 Å². The van der Waals surface area contributed by atoms with E-state index < -0.39 is 28.7 Å². The molecule has 0 aliphatic carbocycles. The van der Waals surface area contributed by atoms with Crippen molar-refractivity contribution >= 4 is 28.5 Å². The molecule has 1 atom stereocenters. The summed E-state index contributed by atoms with van der Waals surface area (Å²) in [5, 5.41) is 11.9. The Balaban J connectivity index is 2.20. The Hall–Kier alpha value is -3.68. The second kappa shape index (κ2) is 9.21. The van der Waals surface area contributed by atoms with Gasteiger partial charge in [-0.2, -0.15) is 0 Å². The van der Waals surface area contributed by atoms with Crippen LogP contribution in [-0.4, -0.2) is 35.1 Å². The van der Waals surface area contributed by atoms with Gasteiger partial charge < -0.3 is 14.5 Å². The van der Waals surface area contributed by atoms with Crippen molar-refractivity contribution in [1.82, 2.24) is 4.98 Å². The first-order valence-corrected chi connectivity index (χ1v) is 9.61. The maximum Gasteiger partial charge on any atom is 0.321 e. The van der Waals surface area contributed by atoms with Gasteiger partial charge >= 0.3 is 11.9 Å². The van der Waals surface area contributed by atoms with E-state index in [1.165, 1.54) is 12.1 Å². The fourth-order valence-corrected chi connectivity index (χ4v) is 3.54. The molecule has 30 heavy (non-hydrogen) atoms. The van der Waals surface area contributed by atoms with Gasteiger partial charge in [-0.3, -0.25) is 19.7 Å². The number of ether oxygens (including phenoxy) is 2. The fraction of sp³-hybridized carbons (Fsp3) is 0.273. The fourth-order valence-electron chi connectivity index (χ4n) is 3.54. The number of rotatable bonds is 8. The molecule has 156 valence electrons. The number of non-ortho nitro benzene ring substituents is 1. The average molecular weight is 410 g/mol. The Morgan fingerprint density at radius 3 is 2.17 bits per heavy atom. The summed E-state index contributed by atoms with van der Waals surface area (Å²) in [6.07, 6.45) is 1.74. The highest BCUT2D eigenvalue weighted by molar-refractivity contribution is 5.98. The van der Waals surface area contributed by atoms with Crippen LogP contribution in [0.25, 0.3) is 10.9 Å². The van der Waals surface area contributed by atoms with Crippen LogP contribution in [0.4, 0.5) is 5.69 Å². The molecule has 0 bridgehead atoms. The predicted molar refractivity (Wildman–Crippen MR) is 110 cm³/mol. The second-order valence-electron chi connectivity index (χ2n) is 6.60. The van der Waals surface area contributed by atoms with E-state index >= 15 is 0 Å². The summed E-state index contributed by atoms with van der Waals surface area (Å²) in [7, 11) is 0. The van der Waals surface area contributed by atoms with Crippen molar-refractivity contribution in [3.63, 3.8) is 0 Å². The summed E-state index contributed by atoms with van der Waals surface area (Å²) >= 11 is 0. The first kappa shape index (κ1) is 21.0. The molecule has 3 rings (SSSR count). The number of carbonyl (C=O) groups excluding carboxylic acids is 2. The summed E-state index contributed by atoms with van der Waals surface area (Å²) in [6.45, 7) is 3.53. The molecule has 0 amide bonds. The lowest BCUT2D eigenvalue weighted by Gasteiger charge is -2.24. The van der Waals surface area contributed by atoms with Crippen LogP contribution >= 0.6 is 0 Å². The summed E-state index contributed by atoms with van der Waals surface area (Å²) in [5.74, 6) is -3.42. The largest absolute Gasteiger partial charge is 0.465 e. The molecule has 0 aliphatic rings. The highest BCUT2D eigenvalue weighted by Gasteiger charge is 2.40. The molecule has 3 aromatic rings. The quantitative estimate of drug-likeness (QED) is 0.260. The summed E-state index contributed by atoms with van der Waals surface area (Å²) < 4.78 is 10.4. The molecule has 0 saturated carbocycles. The third-order valence-corrected chi connectivity index (χ3v) is 4.83. The smallest absolute Gasteiger partial charge is 0.321 e. The minimum Gasteiger partial charge on any atom is -0.465 e. The number of carbonyl (C=O) groups is 2. The Bertz CT molecular complexity index is 1040. The van der Waals surface area contributed by atoms with Crippen LogP contribution in [0.3, 0.4) is 0 Å². The lowest BCUT2D eigenvalue weighted by atomic mass is 9.80. The van der Waals surface area contributed by atoms with Gasteiger partial charge in [0.05, 0.1) is 18.1 Å². The number of H-pyrrole nitrogens is 1. The number of esters is 2. The molecule has 2 aromatic carbocycles. The molecule has 0 radical (unpaired) electrons. The van der Waals surface area contributed by atoms with Gasteiger partial charge in [0.2, 0.25) is 0 Å². The minimum absolute atomic E-state index is 0.0831. The standard InChI is InChI=1S/C22H22N2O6/c1-3-29-21(25)20(22(26)30-4-2)19(14-9-11-15(12-10-14)24(27)28)17-13-23-18-8-6-5-7-16(17)18/h5-13,19-20,23H,3-4H2,1-2H3/t19-/m1/s1. The minimum atomic E-state index is -1.26. The zero-order chi connectivity index (χ0) is 21.7. The van der Waals surface area contributed by atoms with Gasteiger partial charge in [-0.1, -0.05) is 30.3 Å². The third kappa shape index (κ3) is 4.17. The topological polar surface area (TPSA) is 112 Å². The lowest BCUT2D eigenvalue weighted by molar-refractivity contribution is -0.384. The number of nitrogens with zero attached hydrogens (tertiary/aromatic N) is 1. The molecule has 0 fully saturated rings. The van der Waals surface area contributed by atoms with Crippen LogP contribution in [0.1, 0.15) is 30.9 Å². The molecular formula is C22H22N2O6. The number of benzene rings is 2. The molecule has 0 aliphatic heterocycles. The Labute approximate surface area is 173 Å². The van der Waals surface area contributed by atoms with Crippen LogP contribution in [0, 0.1) is 16.0 Å². The number of para-hydroxylation sites is 1. The Morgan fingerprint density at radius 1 is 1.00 bits per heavy atom. The van der Waals surface area contributed by atoms with E-state index in [2.05, 4.69) is 4.98 Å². The number of aromatic amines is 1. The Kier molecular flexibility index (Phi) is 6.46. The SMILES string of the molecule is CCOC(=O)C(C(=O)OCC)[C@H](c1ccc([N+](=O)[O-])cc1)c1c[nH]c2ccccc12. The predicted octanol–water partition coefficient (Wildman–Crippen LogP) is 3.95. The van der Waals surface area contributed by atoms with Crippen LogP contribution in [0.5, 0.6) is 0 Å². The molecule has 1 N–H and O–H groups in total. The zero-order valence-corrected chi connectivity index (χ0v) is 16.7. The maximum absolute atomic E-state index is 12.8. The second-order valence-corrected chi connectivity index (χ2v) is 6.60. The lowest BCUT2D eigenvalue weighted by Crippen LogP contribution is -2.34. The van der Waals surface area contributed by atoms with Crippen molar-refractivity contribution in [2.45, 2.75) is 19.8 Å². The van der Waals surface area contributed by atoms with E-state index in [-0.39, 0.29) is 18.9 Å². The molecule has 0 saturated heterocycles. The van der Waals surface area contributed by atoms with Gasteiger partial charge in [0.1, 0.15) is 0 Å². The summed E-state index contributed by atoms with van der Waals surface area (Å²) in [4.78, 5) is 39.4. The molecule has 8 heteroatoms. The van der Waals surface area contributed by atoms with Crippen molar-refractivity contribution in [2.24, 2.45) is 5.92 Å². The van der Waals surface area contributed by atoms with Gasteiger partial charge in [-0.05, 0) is 31.0 Å². The number of hydrogen-bond acceptors (Lipinski definition) is 6. The van der Waals surface area contributed by atoms with E-state index in [9.17, 15) is 19.7 Å². The molecule has 1 aromatic heterocycles. The normalized spacial score (nSPS) is 12.0. The monoisotopic (exact) mass is 410 g/mol. The van der Waals surface area contributed by atoms with E-state index in [1.54, 1.807) is 32.2 Å². The van der Waals surface area contributed by atoms with E-state index in [0.717, 1.165) is 10.9 Å². The van der Waals surface area contributed by atoms with Crippen molar-refractivity contribution in [3.8, 4) is 0 Å². The van der Waals surface area contributed by atoms with Crippen LogP contribution in [-0.2, 0) is 19.1 Å². The summed E-state index contributed by atoms with van der Waals surface area (Å²) in [5.41, 5.74) is 2.02. The van der Waals surface area contributed by atoms with Gasteiger partial charge in [0.25, 0.3) is 5.69 Å². The number of nitro benzene ring substituents is 1.